The van der Waals surface area contributed by atoms with Gasteiger partial charge in [-0.05, 0) is 37.3 Å². The Bertz CT molecular complexity index is 1770. The summed E-state index contributed by atoms with van der Waals surface area (Å²) in [5.74, 6) is -7.30. The molecule has 9 N–H and O–H groups in total. The number of aliphatic hydroxyl groups excluding tert-OH is 2. The topological polar surface area (TPSA) is 257 Å². The minimum absolute atomic E-state index is 0.0415. The van der Waals surface area contributed by atoms with E-state index >= 15 is 0 Å². The summed E-state index contributed by atoms with van der Waals surface area (Å²) in [7, 11) is 0. The second-order valence-corrected chi connectivity index (χ2v) is 9.67. The van der Waals surface area contributed by atoms with Crippen LogP contribution in [0.1, 0.15) is 17.3 Å². The van der Waals surface area contributed by atoms with Gasteiger partial charge in [0, 0.05) is 17.7 Å². The molecule has 1 aromatic heterocycles. The van der Waals surface area contributed by atoms with Crippen LogP contribution in [0.4, 0.5) is 0 Å². The average Bonchev–Trinajstić information content (AvgIpc) is 2.94. The van der Waals surface area contributed by atoms with E-state index in [2.05, 4.69) is 0 Å². The van der Waals surface area contributed by atoms with Gasteiger partial charge in [-0.25, -0.2) is 4.79 Å². The summed E-state index contributed by atoms with van der Waals surface area (Å²) < 4.78 is 22.5. The highest BCUT2D eigenvalue weighted by Crippen LogP contribution is 2.40. The molecule has 15 nitrogen and oxygen atoms in total. The maximum atomic E-state index is 13.7. The fourth-order valence-corrected chi connectivity index (χ4v) is 4.48. The van der Waals surface area contributed by atoms with Crippen molar-refractivity contribution in [2.75, 3.05) is 0 Å². The molecule has 15 heteroatoms. The van der Waals surface area contributed by atoms with Crippen molar-refractivity contribution in [3.8, 4) is 57.3 Å². The number of aromatic hydroxyl groups is 7. The number of hydrogen-bond donors (Lipinski definition) is 9. The average molecular weight is 600 g/mol. The van der Waals surface area contributed by atoms with Gasteiger partial charge in [-0.3, -0.25) is 4.79 Å². The minimum Gasteiger partial charge on any atom is -0.508 e. The zero-order valence-electron chi connectivity index (χ0n) is 21.9. The van der Waals surface area contributed by atoms with E-state index in [1.54, 1.807) is 0 Å². The highest BCUT2D eigenvalue weighted by Gasteiger charge is 2.47. The molecular formula is C28H24O15. The van der Waals surface area contributed by atoms with Crippen molar-refractivity contribution in [3.63, 3.8) is 0 Å². The maximum absolute atomic E-state index is 13.7. The number of carbonyl (C=O) groups excluding carboxylic acids is 1. The van der Waals surface area contributed by atoms with Crippen LogP contribution in [-0.2, 0) is 9.47 Å². The lowest BCUT2D eigenvalue weighted by atomic mass is 9.99. The van der Waals surface area contributed by atoms with E-state index in [1.165, 1.54) is 13.0 Å². The third-order valence-electron chi connectivity index (χ3n) is 6.72. The molecule has 1 saturated heterocycles. The normalized spacial score (nSPS) is 21.9. The Morgan fingerprint density at radius 2 is 1.49 bits per heavy atom. The predicted octanol–water partition coefficient (Wildman–Crippen LogP) is 1.47. The number of fused-ring (bicyclic) bond motifs is 1. The van der Waals surface area contributed by atoms with Crippen LogP contribution >= 0.6 is 0 Å². The SMILES string of the molecule is C[C@@H]1O[C@H](Oc2c(-c3ccc(O)c(O)c3)oc3cc(O)cc(O)c3c2=O)[C@H](OC(=O)c2cc(O)c(O)c(O)c2)[C@H](O)[C@H]1O. The molecule has 0 spiro atoms. The fourth-order valence-electron chi connectivity index (χ4n) is 4.48. The summed E-state index contributed by atoms with van der Waals surface area (Å²) in [6.45, 7) is 1.34. The Kier molecular flexibility index (Phi) is 7.31. The molecule has 4 aromatic rings. The van der Waals surface area contributed by atoms with E-state index in [0.29, 0.717) is 0 Å². The molecule has 0 aliphatic carbocycles. The number of ether oxygens (including phenoxy) is 3. The lowest BCUT2D eigenvalue weighted by Crippen LogP contribution is -2.60. The number of carbonyl (C=O) groups is 1. The van der Waals surface area contributed by atoms with Gasteiger partial charge in [-0.1, -0.05) is 0 Å². The van der Waals surface area contributed by atoms with Crippen molar-refractivity contribution in [1.29, 1.82) is 0 Å². The summed E-state index contributed by atoms with van der Waals surface area (Å²) in [5, 5.41) is 90.1. The van der Waals surface area contributed by atoms with E-state index in [0.717, 1.165) is 36.4 Å². The van der Waals surface area contributed by atoms with Crippen LogP contribution in [0.3, 0.4) is 0 Å². The molecule has 0 radical (unpaired) electrons. The van der Waals surface area contributed by atoms with Crippen molar-refractivity contribution in [2.24, 2.45) is 0 Å². The van der Waals surface area contributed by atoms with Gasteiger partial charge in [0.25, 0.3) is 0 Å². The molecule has 226 valence electrons. The summed E-state index contributed by atoms with van der Waals surface area (Å²) >= 11 is 0. The van der Waals surface area contributed by atoms with E-state index in [9.17, 15) is 55.5 Å². The Balaban J connectivity index is 1.62. The van der Waals surface area contributed by atoms with Gasteiger partial charge < -0.3 is 64.6 Å². The van der Waals surface area contributed by atoms with Crippen LogP contribution in [0.5, 0.6) is 46.0 Å². The zero-order valence-corrected chi connectivity index (χ0v) is 21.9. The van der Waals surface area contributed by atoms with Crippen molar-refractivity contribution in [2.45, 2.75) is 37.6 Å². The third-order valence-corrected chi connectivity index (χ3v) is 6.72. The molecule has 1 aliphatic heterocycles. The lowest BCUT2D eigenvalue weighted by molar-refractivity contribution is -0.267. The van der Waals surface area contributed by atoms with Crippen molar-refractivity contribution in [3.05, 3.63) is 58.3 Å². The monoisotopic (exact) mass is 600 g/mol. The molecule has 0 bridgehead atoms. The van der Waals surface area contributed by atoms with Gasteiger partial charge in [0.15, 0.2) is 40.6 Å². The molecular weight excluding hydrogens is 576 g/mol. The number of benzene rings is 3. The molecule has 0 saturated carbocycles. The largest absolute Gasteiger partial charge is 0.508 e. The number of phenolic OH excluding ortho intramolecular Hbond substituents is 7. The molecule has 5 atom stereocenters. The molecule has 43 heavy (non-hydrogen) atoms. The number of esters is 1. The summed E-state index contributed by atoms with van der Waals surface area (Å²) in [5.41, 5.74) is -1.86. The van der Waals surface area contributed by atoms with Crippen molar-refractivity contribution in [1.82, 2.24) is 0 Å². The van der Waals surface area contributed by atoms with Gasteiger partial charge in [-0.15, -0.1) is 0 Å². The van der Waals surface area contributed by atoms with Crippen LogP contribution in [0.2, 0.25) is 0 Å². The summed E-state index contributed by atoms with van der Waals surface area (Å²) in [6, 6.07) is 6.72. The lowest BCUT2D eigenvalue weighted by Gasteiger charge is -2.40. The van der Waals surface area contributed by atoms with E-state index in [4.69, 9.17) is 18.6 Å². The molecule has 2 heterocycles. The molecule has 5 rings (SSSR count). The molecule has 0 unspecified atom stereocenters. The van der Waals surface area contributed by atoms with E-state index in [-0.39, 0.29) is 11.1 Å². The fraction of sp³-hybridized carbons (Fsp3) is 0.214. The van der Waals surface area contributed by atoms with Gasteiger partial charge in [0.1, 0.15) is 34.7 Å². The van der Waals surface area contributed by atoms with Gasteiger partial charge in [0.05, 0.1) is 11.7 Å². The Hall–Kier alpha value is -5.38. The second kappa shape index (κ2) is 10.8. The first-order chi connectivity index (χ1) is 20.3. The Morgan fingerprint density at radius 1 is 0.814 bits per heavy atom. The highest BCUT2D eigenvalue weighted by atomic mass is 16.7. The van der Waals surface area contributed by atoms with Crippen LogP contribution in [0.15, 0.2) is 51.7 Å². The van der Waals surface area contributed by atoms with Gasteiger partial charge in [0.2, 0.25) is 17.5 Å². The van der Waals surface area contributed by atoms with Gasteiger partial charge >= 0.3 is 5.97 Å². The first kappa shape index (κ1) is 29.1. The van der Waals surface area contributed by atoms with Crippen LogP contribution in [0.25, 0.3) is 22.3 Å². The summed E-state index contributed by atoms with van der Waals surface area (Å²) in [4.78, 5) is 26.6. The van der Waals surface area contributed by atoms with E-state index in [1.807, 2.05) is 0 Å². The number of phenols is 7. The minimum atomic E-state index is -1.88. The molecule has 1 fully saturated rings. The zero-order chi connectivity index (χ0) is 31.3. The predicted molar refractivity (Wildman–Crippen MR) is 142 cm³/mol. The second-order valence-electron chi connectivity index (χ2n) is 9.67. The van der Waals surface area contributed by atoms with Crippen LogP contribution in [-0.4, -0.2) is 82.6 Å². The number of aliphatic hydroxyl groups is 2. The van der Waals surface area contributed by atoms with Crippen molar-refractivity contribution >= 4 is 16.9 Å². The Labute approximate surface area is 239 Å². The number of hydrogen-bond acceptors (Lipinski definition) is 15. The maximum Gasteiger partial charge on any atom is 0.339 e. The first-order valence-corrected chi connectivity index (χ1v) is 12.5. The highest BCUT2D eigenvalue weighted by molar-refractivity contribution is 5.91. The van der Waals surface area contributed by atoms with E-state index < -0.39 is 105 Å². The van der Waals surface area contributed by atoms with Crippen LogP contribution < -0.4 is 10.2 Å². The summed E-state index contributed by atoms with van der Waals surface area (Å²) in [6.07, 6.45) is -8.39. The van der Waals surface area contributed by atoms with Gasteiger partial charge in [-0.2, -0.15) is 0 Å². The molecule has 3 aromatic carbocycles. The van der Waals surface area contributed by atoms with Crippen LogP contribution in [0, 0.1) is 0 Å². The first-order valence-electron chi connectivity index (χ1n) is 12.5. The quantitative estimate of drug-likeness (QED) is 0.116. The number of rotatable bonds is 5. The molecule has 1 aliphatic rings. The van der Waals surface area contributed by atoms with Crippen molar-refractivity contribution < 1.29 is 69.4 Å². The third kappa shape index (κ3) is 5.23. The smallest absolute Gasteiger partial charge is 0.339 e. The molecule has 0 amide bonds. The standard InChI is InChI=1S/C28H24O15/c1-9-20(35)23(38)26(42-27(39)11-5-16(33)21(36)17(34)6-11)28(40-9)43-25-22(37)19-15(32)7-12(29)8-18(19)41-24(25)10-2-3-13(30)14(31)4-10/h2-9,20,23,26,28-36,38H,1H3/t9-,20-,23+,26+,28+/m0/s1. The Morgan fingerprint density at radius 3 is 2.14 bits per heavy atom.